The number of nitrogens with zero attached hydrogens (tertiary/aromatic N) is 1. The Kier molecular flexibility index (Phi) is 7.61. The fourth-order valence-corrected chi connectivity index (χ4v) is 2.62. The Morgan fingerprint density at radius 2 is 1.65 bits per heavy atom. The van der Waals surface area contributed by atoms with Crippen LogP contribution in [-0.4, -0.2) is 31.8 Å². The first-order valence-corrected chi connectivity index (χ1v) is 9.58. The van der Waals surface area contributed by atoms with E-state index in [1.165, 1.54) is 6.21 Å². The molecule has 8 heteroatoms. The largest absolute Gasteiger partial charge is 0.497 e. The molecular formula is C23H19ClN2O5. The molecule has 0 saturated carbocycles. The van der Waals surface area contributed by atoms with Gasteiger partial charge in [-0.15, -0.1) is 0 Å². The van der Waals surface area contributed by atoms with Gasteiger partial charge in [0.15, 0.2) is 6.61 Å². The summed E-state index contributed by atoms with van der Waals surface area (Å²) in [6.07, 6.45) is 1.46. The van der Waals surface area contributed by atoms with E-state index in [-0.39, 0.29) is 6.61 Å². The van der Waals surface area contributed by atoms with Crippen molar-refractivity contribution in [3.63, 3.8) is 0 Å². The zero-order valence-corrected chi connectivity index (χ0v) is 17.3. The molecule has 158 valence electrons. The first kappa shape index (κ1) is 21.9. The Morgan fingerprint density at radius 3 is 2.32 bits per heavy atom. The van der Waals surface area contributed by atoms with Crippen LogP contribution < -0.4 is 19.6 Å². The zero-order chi connectivity index (χ0) is 22.1. The van der Waals surface area contributed by atoms with Crippen molar-refractivity contribution in [3.05, 3.63) is 88.9 Å². The minimum absolute atomic E-state index is 0.221. The van der Waals surface area contributed by atoms with E-state index >= 15 is 0 Å². The van der Waals surface area contributed by atoms with E-state index in [4.69, 9.17) is 25.8 Å². The molecule has 0 aliphatic carbocycles. The third kappa shape index (κ3) is 6.58. The molecule has 0 spiro atoms. The highest BCUT2D eigenvalue weighted by Crippen LogP contribution is 2.22. The molecule has 0 unspecified atom stereocenters. The maximum Gasteiger partial charge on any atom is 0.343 e. The Hall–Kier alpha value is -3.84. The zero-order valence-electron chi connectivity index (χ0n) is 16.6. The number of carbonyl (C=O) groups excluding carboxylic acids is 2. The molecule has 0 heterocycles. The maximum atomic E-state index is 12.2. The first-order chi connectivity index (χ1) is 15.0. The van der Waals surface area contributed by atoms with Crippen LogP contribution in [0.3, 0.4) is 0 Å². The number of carbonyl (C=O) groups is 2. The second kappa shape index (κ2) is 10.8. The third-order valence-electron chi connectivity index (χ3n) is 4.01. The molecule has 0 radical (unpaired) electrons. The molecule has 3 aromatic carbocycles. The van der Waals surface area contributed by atoms with Gasteiger partial charge >= 0.3 is 5.97 Å². The minimum Gasteiger partial charge on any atom is -0.497 e. The fraction of sp³-hybridized carbons (Fsp3) is 0.0870. The third-order valence-corrected chi connectivity index (χ3v) is 4.33. The number of halogens is 1. The highest BCUT2D eigenvalue weighted by atomic mass is 35.5. The van der Waals surface area contributed by atoms with Crippen LogP contribution in [0, 0.1) is 0 Å². The number of hydrogen-bond donors (Lipinski definition) is 1. The average molecular weight is 439 g/mol. The van der Waals surface area contributed by atoms with Crippen LogP contribution >= 0.6 is 11.6 Å². The van der Waals surface area contributed by atoms with Crippen molar-refractivity contribution in [2.45, 2.75) is 0 Å². The molecule has 0 bridgehead atoms. The molecule has 7 nitrogen and oxygen atoms in total. The van der Waals surface area contributed by atoms with Crippen LogP contribution in [0.4, 0.5) is 0 Å². The van der Waals surface area contributed by atoms with Crippen molar-refractivity contribution in [2.24, 2.45) is 5.10 Å². The van der Waals surface area contributed by atoms with Crippen molar-refractivity contribution >= 4 is 29.7 Å². The Balaban J connectivity index is 1.47. The van der Waals surface area contributed by atoms with Crippen LogP contribution in [-0.2, 0) is 4.79 Å². The number of ether oxygens (including phenoxy) is 3. The van der Waals surface area contributed by atoms with E-state index in [0.717, 1.165) is 0 Å². The summed E-state index contributed by atoms with van der Waals surface area (Å²) in [7, 11) is 1.55. The van der Waals surface area contributed by atoms with Crippen molar-refractivity contribution in [3.8, 4) is 17.2 Å². The first-order valence-electron chi connectivity index (χ1n) is 9.20. The van der Waals surface area contributed by atoms with Crippen molar-refractivity contribution in [2.75, 3.05) is 13.7 Å². The maximum absolute atomic E-state index is 12.2. The van der Waals surface area contributed by atoms with E-state index < -0.39 is 11.9 Å². The predicted molar refractivity (Wildman–Crippen MR) is 117 cm³/mol. The van der Waals surface area contributed by atoms with Crippen LogP contribution in [0.2, 0.25) is 5.02 Å². The van der Waals surface area contributed by atoms with Crippen molar-refractivity contribution < 1.29 is 23.8 Å². The second-order valence-corrected chi connectivity index (χ2v) is 6.61. The molecule has 3 aromatic rings. The van der Waals surface area contributed by atoms with E-state index in [9.17, 15) is 9.59 Å². The van der Waals surface area contributed by atoms with Crippen LogP contribution in [0.25, 0.3) is 0 Å². The number of hydrogen-bond acceptors (Lipinski definition) is 6. The van der Waals surface area contributed by atoms with Gasteiger partial charge in [0.1, 0.15) is 17.2 Å². The normalized spacial score (nSPS) is 10.5. The molecule has 31 heavy (non-hydrogen) atoms. The van der Waals surface area contributed by atoms with Crippen molar-refractivity contribution in [1.29, 1.82) is 0 Å². The summed E-state index contributed by atoms with van der Waals surface area (Å²) in [6.45, 7) is -0.221. The number of rotatable bonds is 8. The summed E-state index contributed by atoms with van der Waals surface area (Å²) >= 11 is 5.96. The van der Waals surface area contributed by atoms with Gasteiger partial charge in [0.25, 0.3) is 5.91 Å². The molecule has 0 aromatic heterocycles. The average Bonchev–Trinajstić information content (AvgIpc) is 2.79. The summed E-state index contributed by atoms with van der Waals surface area (Å²) in [4.78, 5) is 24.0. The smallest absolute Gasteiger partial charge is 0.343 e. The summed E-state index contributed by atoms with van der Waals surface area (Å²) in [5.41, 5.74) is 3.48. The van der Waals surface area contributed by atoms with Gasteiger partial charge in [-0.05, 0) is 66.2 Å². The molecule has 0 fully saturated rings. The van der Waals surface area contributed by atoms with Gasteiger partial charge in [-0.3, -0.25) is 4.79 Å². The molecule has 0 saturated heterocycles. The predicted octanol–water partition coefficient (Wildman–Crippen LogP) is 4.10. The van der Waals surface area contributed by atoms with Crippen LogP contribution in [0.1, 0.15) is 15.9 Å². The molecule has 0 aliphatic heterocycles. The van der Waals surface area contributed by atoms with Crippen molar-refractivity contribution in [1.82, 2.24) is 5.43 Å². The lowest BCUT2D eigenvalue weighted by Crippen LogP contribution is -2.24. The minimum atomic E-state index is -0.477. The van der Waals surface area contributed by atoms with E-state index in [1.807, 2.05) is 0 Å². The van der Waals surface area contributed by atoms with Gasteiger partial charge < -0.3 is 14.2 Å². The topological polar surface area (TPSA) is 86.2 Å². The number of hydrazone groups is 1. The Morgan fingerprint density at radius 1 is 0.968 bits per heavy atom. The van der Waals surface area contributed by atoms with Gasteiger partial charge in [-0.2, -0.15) is 5.10 Å². The number of benzene rings is 3. The summed E-state index contributed by atoms with van der Waals surface area (Å²) < 4.78 is 15.7. The Labute approximate surface area is 184 Å². The lowest BCUT2D eigenvalue weighted by atomic mass is 10.2. The van der Waals surface area contributed by atoms with Gasteiger partial charge in [0.05, 0.1) is 23.9 Å². The quantitative estimate of drug-likeness (QED) is 0.248. The SMILES string of the molecule is COc1ccc(C(=O)Oc2ccc(/C=N\NC(=O)COc3ccccc3Cl)cc2)cc1. The van der Waals surface area contributed by atoms with Crippen LogP contribution in [0.15, 0.2) is 77.9 Å². The van der Waals surface area contributed by atoms with E-state index in [0.29, 0.717) is 33.4 Å². The molecule has 0 atom stereocenters. The number of para-hydroxylation sites is 1. The van der Waals surface area contributed by atoms with Gasteiger partial charge in [-0.1, -0.05) is 23.7 Å². The number of esters is 1. The van der Waals surface area contributed by atoms with Crippen LogP contribution in [0.5, 0.6) is 17.2 Å². The fourth-order valence-electron chi connectivity index (χ4n) is 2.43. The number of methoxy groups -OCH3 is 1. The molecule has 1 amide bonds. The lowest BCUT2D eigenvalue weighted by Gasteiger charge is -2.06. The highest BCUT2D eigenvalue weighted by molar-refractivity contribution is 6.32. The summed E-state index contributed by atoms with van der Waals surface area (Å²) in [6, 6.07) is 20.1. The second-order valence-electron chi connectivity index (χ2n) is 6.20. The molecular weight excluding hydrogens is 420 g/mol. The monoisotopic (exact) mass is 438 g/mol. The Bertz CT molecular complexity index is 1070. The molecule has 0 aliphatic rings. The molecule has 3 rings (SSSR count). The summed E-state index contributed by atoms with van der Waals surface area (Å²) in [5.74, 6) is 0.553. The lowest BCUT2D eigenvalue weighted by molar-refractivity contribution is -0.123. The number of nitrogens with one attached hydrogen (secondary N) is 1. The van der Waals surface area contributed by atoms with Gasteiger partial charge in [0.2, 0.25) is 0 Å². The highest BCUT2D eigenvalue weighted by Gasteiger charge is 2.09. The van der Waals surface area contributed by atoms with Gasteiger partial charge in [-0.25, -0.2) is 10.2 Å². The van der Waals surface area contributed by atoms with E-state index in [1.54, 1.807) is 79.9 Å². The van der Waals surface area contributed by atoms with Gasteiger partial charge in [0, 0.05) is 0 Å². The molecule has 1 N–H and O–H groups in total. The summed E-state index contributed by atoms with van der Waals surface area (Å²) in [5, 5.41) is 4.30. The number of amides is 1. The van der Waals surface area contributed by atoms with E-state index in [2.05, 4.69) is 10.5 Å². The standard InChI is InChI=1S/C23H19ClN2O5/c1-29-18-12-8-17(9-13-18)23(28)31-19-10-6-16(7-11-19)14-25-26-22(27)15-30-21-5-3-2-4-20(21)24/h2-14H,15H2,1H3,(H,26,27)/b25-14-.